The maximum atomic E-state index is 10.1. The Bertz CT molecular complexity index is 569. The molecule has 0 fully saturated rings. The van der Waals surface area contributed by atoms with Crippen LogP contribution in [0.25, 0.3) is 0 Å². The summed E-state index contributed by atoms with van der Waals surface area (Å²) in [6, 6.07) is 14.7. The van der Waals surface area contributed by atoms with Crippen molar-refractivity contribution in [2.24, 2.45) is 0 Å². The highest BCUT2D eigenvalue weighted by atomic mass is 16.3. The molecule has 0 saturated carbocycles. The van der Waals surface area contributed by atoms with Gasteiger partial charge in [-0.05, 0) is 62.4 Å². The molecule has 0 saturated heterocycles. The molecule has 6 N–H and O–H groups in total. The SMILES string of the molecule is CC(O)N(CCN(c1ccc(N)cc1)C(C)O)c1ccc(N)cc1. The van der Waals surface area contributed by atoms with E-state index in [0.717, 1.165) is 11.4 Å². The van der Waals surface area contributed by atoms with Gasteiger partial charge in [0.2, 0.25) is 0 Å². The molecule has 0 heterocycles. The Morgan fingerprint density at radius 3 is 1.25 bits per heavy atom. The molecule has 130 valence electrons. The molecule has 0 radical (unpaired) electrons. The van der Waals surface area contributed by atoms with E-state index >= 15 is 0 Å². The van der Waals surface area contributed by atoms with Crippen LogP contribution in [0.2, 0.25) is 0 Å². The van der Waals surface area contributed by atoms with Crippen LogP contribution in [-0.4, -0.2) is 35.8 Å². The third-order valence-electron chi connectivity index (χ3n) is 3.93. The average Bonchev–Trinajstić information content (AvgIpc) is 2.53. The topological polar surface area (TPSA) is 99.0 Å². The monoisotopic (exact) mass is 330 g/mol. The van der Waals surface area contributed by atoms with Gasteiger partial charge in [0.25, 0.3) is 0 Å². The van der Waals surface area contributed by atoms with E-state index in [4.69, 9.17) is 11.5 Å². The van der Waals surface area contributed by atoms with E-state index in [1.54, 1.807) is 38.1 Å². The summed E-state index contributed by atoms with van der Waals surface area (Å²) in [6.07, 6.45) is -1.31. The summed E-state index contributed by atoms with van der Waals surface area (Å²) >= 11 is 0. The van der Waals surface area contributed by atoms with Crippen LogP contribution in [0.15, 0.2) is 48.5 Å². The maximum absolute atomic E-state index is 10.1. The van der Waals surface area contributed by atoms with Gasteiger partial charge in [0.05, 0.1) is 0 Å². The third-order valence-corrected chi connectivity index (χ3v) is 3.93. The molecule has 6 nitrogen and oxygen atoms in total. The minimum Gasteiger partial charge on any atom is -0.399 e. The molecule has 2 rings (SSSR count). The van der Waals surface area contributed by atoms with Gasteiger partial charge >= 0.3 is 0 Å². The molecular formula is C18H26N4O2. The van der Waals surface area contributed by atoms with E-state index < -0.39 is 12.5 Å². The first-order valence-electron chi connectivity index (χ1n) is 7.99. The van der Waals surface area contributed by atoms with Crippen LogP contribution in [0, 0.1) is 0 Å². The molecule has 2 unspecified atom stereocenters. The Kier molecular flexibility index (Phi) is 5.89. The number of aliphatic hydroxyl groups is 2. The van der Waals surface area contributed by atoms with Crippen molar-refractivity contribution in [3.8, 4) is 0 Å². The Hall–Kier alpha value is -2.44. The minimum atomic E-state index is -0.657. The highest BCUT2D eigenvalue weighted by Crippen LogP contribution is 2.21. The first-order valence-corrected chi connectivity index (χ1v) is 7.99. The normalized spacial score (nSPS) is 13.3. The van der Waals surface area contributed by atoms with Gasteiger partial charge in [-0.2, -0.15) is 0 Å². The second kappa shape index (κ2) is 7.90. The molecular weight excluding hydrogens is 304 g/mol. The van der Waals surface area contributed by atoms with Crippen molar-refractivity contribution >= 4 is 22.7 Å². The van der Waals surface area contributed by atoms with E-state index in [-0.39, 0.29) is 0 Å². The molecule has 2 aromatic rings. The number of aliphatic hydroxyl groups excluding tert-OH is 2. The molecule has 0 aliphatic carbocycles. The van der Waals surface area contributed by atoms with Gasteiger partial charge in [0, 0.05) is 35.8 Å². The summed E-state index contributed by atoms with van der Waals surface area (Å²) in [5, 5.41) is 20.2. The number of anilines is 4. The zero-order valence-electron chi connectivity index (χ0n) is 14.1. The van der Waals surface area contributed by atoms with Crippen LogP contribution < -0.4 is 21.3 Å². The number of hydrogen-bond acceptors (Lipinski definition) is 6. The lowest BCUT2D eigenvalue weighted by Crippen LogP contribution is -2.43. The van der Waals surface area contributed by atoms with Gasteiger partial charge in [-0.15, -0.1) is 0 Å². The minimum absolute atomic E-state index is 0.539. The van der Waals surface area contributed by atoms with Crippen molar-refractivity contribution < 1.29 is 10.2 Å². The van der Waals surface area contributed by atoms with Gasteiger partial charge in [-0.3, -0.25) is 0 Å². The quantitative estimate of drug-likeness (QED) is 0.457. The maximum Gasteiger partial charge on any atom is 0.124 e. The van der Waals surface area contributed by atoms with Crippen LogP contribution in [-0.2, 0) is 0 Å². The predicted molar refractivity (Wildman–Crippen MR) is 99.8 cm³/mol. The second-order valence-corrected chi connectivity index (χ2v) is 5.83. The third kappa shape index (κ3) is 4.53. The van der Waals surface area contributed by atoms with Gasteiger partial charge < -0.3 is 31.5 Å². The number of rotatable bonds is 7. The summed E-state index contributed by atoms with van der Waals surface area (Å²) in [6.45, 7) is 4.51. The van der Waals surface area contributed by atoms with E-state index in [1.807, 2.05) is 34.1 Å². The average molecular weight is 330 g/mol. The molecule has 0 amide bonds. The standard InChI is InChI=1S/C18H26N4O2/c1-13(23)21(17-7-3-15(19)4-8-17)11-12-22(14(2)24)18-9-5-16(20)6-10-18/h3-10,13-14,23-24H,11-12,19-20H2,1-2H3. The first kappa shape index (κ1) is 17.9. The molecule has 2 aromatic carbocycles. The fourth-order valence-electron chi connectivity index (χ4n) is 2.61. The second-order valence-electron chi connectivity index (χ2n) is 5.83. The van der Waals surface area contributed by atoms with Crippen molar-refractivity contribution in [1.29, 1.82) is 0 Å². The highest BCUT2D eigenvalue weighted by molar-refractivity contribution is 5.55. The van der Waals surface area contributed by atoms with Crippen LogP contribution in [0.3, 0.4) is 0 Å². The van der Waals surface area contributed by atoms with Gasteiger partial charge in [-0.1, -0.05) is 0 Å². The van der Waals surface area contributed by atoms with E-state index in [1.165, 1.54) is 0 Å². The lowest BCUT2D eigenvalue weighted by molar-refractivity contribution is 0.176. The Balaban J connectivity index is 2.13. The molecule has 2 atom stereocenters. The number of nitrogen functional groups attached to an aromatic ring is 2. The van der Waals surface area contributed by atoms with Crippen molar-refractivity contribution in [2.75, 3.05) is 34.4 Å². The van der Waals surface area contributed by atoms with E-state index in [9.17, 15) is 10.2 Å². The lowest BCUT2D eigenvalue weighted by atomic mass is 10.2. The Labute approximate surface area is 142 Å². The zero-order valence-corrected chi connectivity index (χ0v) is 14.1. The van der Waals surface area contributed by atoms with Crippen LogP contribution in [0.4, 0.5) is 22.7 Å². The fraction of sp³-hybridized carbons (Fsp3) is 0.333. The predicted octanol–water partition coefficient (Wildman–Crippen LogP) is 1.84. The highest BCUT2D eigenvalue weighted by Gasteiger charge is 2.17. The molecule has 0 aliphatic rings. The first-order chi connectivity index (χ1) is 11.4. The molecule has 24 heavy (non-hydrogen) atoms. The van der Waals surface area contributed by atoms with Crippen LogP contribution >= 0.6 is 0 Å². The molecule has 0 spiro atoms. The van der Waals surface area contributed by atoms with E-state index in [2.05, 4.69) is 0 Å². The fourth-order valence-corrected chi connectivity index (χ4v) is 2.61. The summed E-state index contributed by atoms with van der Waals surface area (Å²) < 4.78 is 0. The molecule has 0 aromatic heterocycles. The van der Waals surface area contributed by atoms with Gasteiger partial charge in [0.15, 0.2) is 0 Å². The lowest BCUT2D eigenvalue weighted by Gasteiger charge is -2.33. The van der Waals surface area contributed by atoms with Crippen LogP contribution in [0.1, 0.15) is 13.8 Å². The summed E-state index contributed by atoms with van der Waals surface area (Å²) in [4.78, 5) is 3.71. The van der Waals surface area contributed by atoms with E-state index in [0.29, 0.717) is 24.5 Å². The Morgan fingerprint density at radius 2 is 1.00 bits per heavy atom. The summed E-state index contributed by atoms with van der Waals surface area (Å²) in [5.41, 5.74) is 14.5. The van der Waals surface area contributed by atoms with Crippen molar-refractivity contribution in [1.82, 2.24) is 0 Å². The number of nitrogens with two attached hydrogens (primary N) is 2. The van der Waals surface area contributed by atoms with Crippen molar-refractivity contribution in [3.05, 3.63) is 48.5 Å². The Morgan fingerprint density at radius 1 is 0.708 bits per heavy atom. The van der Waals surface area contributed by atoms with Gasteiger partial charge in [0.1, 0.15) is 12.5 Å². The van der Waals surface area contributed by atoms with Crippen molar-refractivity contribution in [2.45, 2.75) is 26.3 Å². The largest absolute Gasteiger partial charge is 0.399 e. The number of hydrogen-bond donors (Lipinski definition) is 4. The van der Waals surface area contributed by atoms with Gasteiger partial charge in [-0.25, -0.2) is 0 Å². The zero-order chi connectivity index (χ0) is 17.7. The molecule has 0 bridgehead atoms. The molecule has 0 aliphatic heterocycles. The van der Waals surface area contributed by atoms with Crippen molar-refractivity contribution in [3.63, 3.8) is 0 Å². The number of nitrogens with zero attached hydrogens (tertiary/aromatic N) is 2. The smallest absolute Gasteiger partial charge is 0.124 e. The molecule has 6 heteroatoms. The number of benzene rings is 2. The summed E-state index contributed by atoms with van der Waals surface area (Å²) in [5.74, 6) is 0. The van der Waals surface area contributed by atoms with Crippen LogP contribution in [0.5, 0.6) is 0 Å². The summed E-state index contributed by atoms with van der Waals surface area (Å²) in [7, 11) is 0.